The lowest BCUT2D eigenvalue weighted by atomic mass is 9.97. The van der Waals surface area contributed by atoms with Gasteiger partial charge in [0, 0.05) is 23.1 Å². The molecule has 2 aliphatic rings. The van der Waals surface area contributed by atoms with Crippen molar-refractivity contribution in [3.8, 4) is 11.5 Å². The van der Waals surface area contributed by atoms with E-state index in [0.717, 1.165) is 4.90 Å². The predicted octanol–water partition coefficient (Wildman–Crippen LogP) is 6.49. The smallest absolute Gasteiger partial charge is 0.431 e. The first-order chi connectivity index (χ1) is 18.0. The standard InChI is InChI=1S/C23H22ClF3N2O3.C4H8O2/c1-12-11-28-22-13(2)32-20(14-7-5-10-17(30-3)19(14)31-4)18-15(24)8-6-9-16(18)29(22)21(12)23(25,26)27;1-3-6-4(2)5/h5-10,13,20H,11H2,1-4H3;3H2,1-2H3/t13?,20-;/m1./s1. The van der Waals surface area contributed by atoms with E-state index in [-0.39, 0.29) is 34.6 Å². The fourth-order valence-corrected chi connectivity index (χ4v) is 4.71. The van der Waals surface area contributed by atoms with Crippen LogP contribution < -0.4 is 14.4 Å². The number of nitrogens with zero attached hydrogens (tertiary/aromatic N) is 2. The lowest BCUT2D eigenvalue weighted by molar-refractivity contribution is -0.140. The molecule has 38 heavy (non-hydrogen) atoms. The van der Waals surface area contributed by atoms with Gasteiger partial charge in [-0.2, -0.15) is 13.2 Å². The first-order valence-electron chi connectivity index (χ1n) is 11.9. The van der Waals surface area contributed by atoms with Gasteiger partial charge in [0.15, 0.2) is 11.5 Å². The van der Waals surface area contributed by atoms with Gasteiger partial charge in [-0.1, -0.05) is 29.8 Å². The number of ether oxygens (including phenoxy) is 4. The highest BCUT2D eigenvalue weighted by molar-refractivity contribution is 6.32. The van der Waals surface area contributed by atoms with Crippen LogP contribution in [-0.4, -0.2) is 51.5 Å². The van der Waals surface area contributed by atoms with Crippen LogP contribution >= 0.6 is 11.6 Å². The monoisotopic (exact) mass is 554 g/mol. The minimum Gasteiger partial charge on any atom is -0.493 e. The van der Waals surface area contributed by atoms with Gasteiger partial charge >= 0.3 is 12.1 Å². The van der Waals surface area contributed by atoms with Crippen molar-refractivity contribution in [2.45, 2.75) is 46.1 Å². The molecule has 0 aliphatic carbocycles. The lowest BCUT2D eigenvalue weighted by Gasteiger charge is -2.35. The topological polar surface area (TPSA) is 69.6 Å². The van der Waals surface area contributed by atoms with Gasteiger partial charge in [0.1, 0.15) is 23.7 Å². The zero-order valence-electron chi connectivity index (χ0n) is 22.0. The normalized spacial score (nSPS) is 18.8. The average Bonchev–Trinajstić information content (AvgIpc) is 2.98. The Hall–Kier alpha value is -3.24. The second-order valence-electron chi connectivity index (χ2n) is 8.47. The summed E-state index contributed by atoms with van der Waals surface area (Å²) in [4.78, 5) is 15.4. The molecular formula is C27H30ClF3N2O5. The fraction of sp³-hybridized carbons (Fsp3) is 0.407. The number of carbonyl (C=O) groups is 1. The van der Waals surface area contributed by atoms with Crippen molar-refractivity contribution in [2.75, 3.05) is 32.3 Å². The molecule has 0 N–H and O–H groups in total. The first kappa shape index (κ1) is 29.3. The average molecular weight is 555 g/mol. The highest BCUT2D eigenvalue weighted by Gasteiger charge is 2.47. The third kappa shape index (κ3) is 5.91. The summed E-state index contributed by atoms with van der Waals surface area (Å²) in [6, 6.07) is 10.1. The molecule has 7 nitrogen and oxygen atoms in total. The van der Waals surface area contributed by atoms with Crippen molar-refractivity contribution in [3.05, 3.63) is 63.8 Å². The maximum Gasteiger partial charge on any atom is 0.431 e. The van der Waals surface area contributed by atoms with Crippen LogP contribution in [0.3, 0.4) is 0 Å². The Morgan fingerprint density at radius 1 is 1.18 bits per heavy atom. The van der Waals surface area contributed by atoms with Gasteiger partial charge in [-0.25, -0.2) is 0 Å². The van der Waals surface area contributed by atoms with E-state index in [1.807, 2.05) is 0 Å². The maximum absolute atomic E-state index is 14.2. The van der Waals surface area contributed by atoms with E-state index in [2.05, 4.69) is 9.73 Å². The molecule has 0 bridgehead atoms. The Morgan fingerprint density at radius 2 is 1.87 bits per heavy atom. The number of para-hydroxylation sites is 1. The minimum atomic E-state index is -4.59. The zero-order chi connectivity index (χ0) is 28.2. The van der Waals surface area contributed by atoms with Crippen molar-refractivity contribution >= 4 is 29.1 Å². The Bertz CT molecular complexity index is 1250. The van der Waals surface area contributed by atoms with E-state index in [0.29, 0.717) is 29.2 Å². The molecule has 11 heteroatoms. The van der Waals surface area contributed by atoms with Crippen molar-refractivity contribution in [1.82, 2.24) is 0 Å². The van der Waals surface area contributed by atoms with Crippen LogP contribution in [0, 0.1) is 0 Å². The third-order valence-corrected chi connectivity index (χ3v) is 6.23. The molecule has 2 atom stereocenters. The highest BCUT2D eigenvalue weighted by Crippen LogP contribution is 2.49. The SMILES string of the molecule is CCOC(C)=O.COc1cccc([C@H]2OC(C)C3=NCC(C)=C(C(F)(F)F)N3c3cccc(Cl)c32)c1OC. The summed E-state index contributed by atoms with van der Waals surface area (Å²) in [7, 11) is 3.01. The van der Waals surface area contributed by atoms with Crippen LogP contribution in [0.25, 0.3) is 0 Å². The van der Waals surface area contributed by atoms with Gasteiger partial charge in [-0.05, 0) is 44.5 Å². The molecule has 4 rings (SSSR count). The molecule has 0 fully saturated rings. The summed E-state index contributed by atoms with van der Waals surface area (Å²) in [5.41, 5.74) is 0.607. The number of esters is 1. The number of allylic oxidation sites excluding steroid dienone is 1. The summed E-state index contributed by atoms with van der Waals surface area (Å²) in [6.07, 6.45) is -6.16. The highest BCUT2D eigenvalue weighted by atomic mass is 35.5. The number of halogens is 4. The number of hydrogen-bond acceptors (Lipinski definition) is 7. The van der Waals surface area contributed by atoms with Crippen LogP contribution in [0.2, 0.25) is 5.02 Å². The number of rotatable bonds is 4. The number of alkyl halides is 3. The van der Waals surface area contributed by atoms with E-state index in [4.69, 9.17) is 25.8 Å². The van der Waals surface area contributed by atoms with E-state index in [1.54, 1.807) is 50.2 Å². The molecule has 1 unspecified atom stereocenters. The molecule has 0 saturated carbocycles. The minimum absolute atomic E-state index is 0.0581. The molecule has 0 spiro atoms. The molecule has 0 aromatic heterocycles. The van der Waals surface area contributed by atoms with E-state index < -0.39 is 24.1 Å². The van der Waals surface area contributed by atoms with E-state index >= 15 is 0 Å². The third-order valence-electron chi connectivity index (χ3n) is 5.90. The quantitative estimate of drug-likeness (QED) is 0.402. The van der Waals surface area contributed by atoms with Crippen LogP contribution in [-0.2, 0) is 14.3 Å². The number of amidine groups is 1. The number of carbonyl (C=O) groups excluding carboxylic acids is 1. The Kier molecular flexibility index (Phi) is 9.32. The van der Waals surface area contributed by atoms with Gasteiger partial charge in [-0.3, -0.25) is 14.7 Å². The lowest BCUT2D eigenvalue weighted by Crippen LogP contribution is -2.45. The van der Waals surface area contributed by atoms with E-state index in [9.17, 15) is 18.0 Å². The molecule has 0 saturated heterocycles. The number of benzene rings is 2. The largest absolute Gasteiger partial charge is 0.493 e. The molecule has 2 heterocycles. The number of anilines is 1. The molecular weight excluding hydrogens is 525 g/mol. The molecule has 2 aromatic rings. The summed E-state index contributed by atoms with van der Waals surface area (Å²) in [5.74, 6) is 0.858. The summed E-state index contributed by atoms with van der Waals surface area (Å²) in [5, 5.41) is 0.274. The molecule has 206 valence electrons. The van der Waals surface area contributed by atoms with Crippen molar-refractivity contribution < 1.29 is 36.9 Å². The molecule has 2 aromatic carbocycles. The van der Waals surface area contributed by atoms with Crippen LogP contribution in [0.5, 0.6) is 11.5 Å². The first-order valence-corrected chi connectivity index (χ1v) is 12.2. The Morgan fingerprint density at radius 3 is 2.42 bits per heavy atom. The maximum atomic E-state index is 14.2. The zero-order valence-corrected chi connectivity index (χ0v) is 22.7. The molecule has 2 aliphatic heterocycles. The Balaban J connectivity index is 0.000000599. The van der Waals surface area contributed by atoms with E-state index in [1.165, 1.54) is 28.1 Å². The summed E-state index contributed by atoms with van der Waals surface area (Å²) in [6.45, 7) is 6.71. The van der Waals surface area contributed by atoms with Crippen LogP contribution in [0.4, 0.5) is 18.9 Å². The van der Waals surface area contributed by atoms with Gasteiger partial charge in [0.05, 0.1) is 33.1 Å². The second kappa shape index (κ2) is 12.1. The number of aliphatic imine (C=N–C) groups is 1. The summed E-state index contributed by atoms with van der Waals surface area (Å²) < 4.78 is 64.3. The van der Waals surface area contributed by atoms with Gasteiger partial charge < -0.3 is 18.9 Å². The predicted molar refractivity (Wildman–Crippen MR) is 139 cm³/mol. The summed E-state index contributed by atoms with van der Waals surface area (Å²) >= 11 is 6.59. The molecule has 0 amide bonds. The van der Waals surface area contributed by atoms with Gasteiger partial charge in [0.25, 0.3) is 0 Å². The number of hydrogen-bond donors (Lipinski definition) is 0. The number of fused-ring (bicyclic) bond motifs is 3. The van der Waals surface area contributed by atoms with Crippen molar-refractivity contribution in [2.24, 2.45) is 4.99 Å². The molecule has 0 radical (unpaired) electrons. The number of methoxy groups -OCH3 is 2. The van der Waals surface area contributed by atoms with Gasteiger partial charge in [0.2, 0.25) is 0 Å². The van der Waals surface area contributed by atoms with Crippen LogP contribution in [0.15, 0.2) is 52.7 Å². The fourth-order valence-electron chi connectivity index (χ4n) is 4.44. The second-order valence-corrected chi connectivity index (χ2v) is 8.88. The van der Waals surface area contributed by atoms with Crippen molar-refractivity contribution in [3.63, 3.8) is 0 Å². The van der Waals surface area contributed by atoms with Gasteiger partial charge in [-0.15, -0.1) is 0 Å². The van der Waals surface area contributed by atoms with Crippen molar-refractivity contribution in [1.29, 1.82) is 0 Å². The van der Waals surface area contributed by atoms with Crippen LogP contribution in [0.1, 0.15) is 44.9 Å². The Labute approximate surface area is 224 Å².